The van der Waals surface area contributed by atoms with Gasteiger partial charge in [0, 0.05) is 17.7 Å². The Balaban J connectivity index is 1.19. The van der Waals surface area contributed by atoms with Gasteiger partial charge in [-0.2, -0.15) is 0 Å². The number of nitrogens with one attached hydrogen (secondary N) is 2. The minimum atomic E-state index is -0.718. The lowest BCUT2D eigenvalue weighted by atomic mass is 9.77. The lowest BCUT2D eigenvalue weighted by Crippen LogP contribution is -2.16. The van der Waals surface area contributed by atoms with Crippen LogP contribution in [-0.4, -0.2) is 27.2 Å². The highest BCUT2D eigenvalue weighted by Gasteiger charge is 2.24. The molecule has 0 atom stereocenters. The summed E-state index contributed by atoms with van der Waals surface area (Å²) in [5.74, 6) is -0.657. The summed E-state index contributed by atoms with van der Waals surface area (Å²) in [7, 11) is 0. The lowest BCUT2D eigenvalue weighted by Gasteiger charge is -2.28. The van der Waals surface area contributed by atoms with E-state index in [0.717, 1.165) is 42.5 Å². The minimum Gasteiger partial charge on any atom is -0.481 e. The van der Waals surface area contributed by atoms with E-state index < -0.39 is 11.9 Å². The van der Waals surface area contributed by atoms with Gasteiger partial charge >= 0.3 is 23.8 Å². The summed E-state index contributed by atoms with van der Waals surface area (Å²) in [6, 6.07) is 25.6. The topological polar surface area (TPSA) is 117 Å². The van der Waals surface area contributed by atoms with Gasteiger partial charge in [0.1, 0.15) is 0 Å². The van der Waals surface area contributed by atoms with Crippen molar-refractivity contribution in [3.8, 4) is 11.1 Å². The van der Waals surface area contributed by atoms with Crippen molar-refractivity contribution in [1.29, 1.82) is 0 Å². The van der Waals surface area contributed by atoms with Crippen LogP contribution in [0.4, 0.5) is 17.4 Å². The molecule has 0 bridgehead atoms. The number of nitrogens with zero attached hydrogens (tertiary/aromatic N) is 2. The zero-order valence-electron chi connectivity index (χ0n) is 20.3. The van der Waals surface area contributed by atoms with Crippen molar-refractivity contribution in [2.75, 3.05) is 10.6 Å². The van der Waals surface area contributed by atoms with Gasteiger partial charge in [-0.3, -0.25) is 9.59 Å². The molecule has 1 fully saturated rings. The number of para-hydroxylation sites is 1. The molecule has 1 heterocycles. The molecule has 5 rings (SSSR count). The fourth-order valence-electron chi connectivity index (χ4n) is 4.91. The number of amides is 1. The number of carboxylic acids is 1. The van der Waals surface area contributed by atoms with E-state index in [1.54, 1.807) is 0 Å². The Morgan fingerprint density at radius 1 is 0.865 bits per heavy atom. The summed E-state index contributed by atoms with van der Waals surface area (Å²) in [6.45, 7) is 0. The van der Waals surface area contributed by atoms with Gasteiger partial charge in [-0.05, 0) is 66.8 Å². The second-order valence-corrected chi connectivity index (χ2v) is 9.34. The Hall–Kier alpha value is -4.46. The SMILES string of the molecule is O=C(O)CC1CCC(c2ccc(NC(=O)c3nnc(Nc4ccccc4-c4ccccc4)o3)cc2)CC1. The molecular formula is C29H28N4O4. The summed E-state index contributed by atoms with van der Waals surface area (Å²) in [6.07, 6.45) is 4.07. The zero-order valence-corrected chi connectivity index (χ0v) is 20.3. The van der Waals surface area contributed by atoms with E-state index in [2.05, 4.69) is 20.8 Å². The average molecular weight is 497 g/mol. The van der Waals surface area contributed by atoms with E-state index >= 15 is 0 Å². The van der Waals surface area contributed by atoms with Crippen LogP contribution in [-0.2, 0) is 4.79 Å². The Labute approximate surface area is 214 Å². The first kappa shape index (κ1) is 24.2. The highest BCUT2D eigenvalue weighted by molar-refractivity contribution is 6.01. The number of carbonyl (C=O) groups is 2. The third-order valence-electron chi connectivity index (χ3n) is 6.82. The normalized spacial score (nSPS) is 17.2. The predicted molar refractivity (Wildman–Crippen MR) is 141 cm³/mol. The van der Waals surface area contributed by atoms with Gasteiger partial charge in [-0.1, -0.05) is 65.8 Å². The van der Waals surface area contributed by atoms with E-state index in [4.69, 9.17) is 9.52 Å². The Bertz CT molecular complexity index is 1360. The molecule has 8 nitrogen and oxygen atoms in total. The number of hydrogen-bond donors (Lipinski definition) is 3. The van der Waals surface area contributed by atoms with Gasteiger partial charge in [0.2, 0.25) is 0 Å². The minimum absolute atomic E-state index is 0.127. The van der Waals surface area contributed by atoms with E-state index in [0.29, 0.717) is 11.6 Å². The molecule has 188 valence electrons. The molecule has 4 aromatic rings. The van der Waals surface area contributed by atoms with Gasteiger partial charge in [0.25, 0.3) is 0 Å². The molecular weight excluding hydrogens is 468 g/mol. The number of hydrogen-bond acceptors (Lipinski definition) is 6. The summed E-state index contributed by atoms with van der Waals surface area (Å²) in [5, 5.41) is 22.8. The molecule has 3 N–H and O–H groups in total. The second-order valence-electron chi connectivity index (χ2n) is 9.34. The maximum Gasteiger partial charge on any atom is 0.320 e. The molecule has 8 heteroatoms. The summed E-state index contributed by atoms with van der Waals surface area (Å²) < 4.78 is 5.58. The molecule has 0 unspecified atom stereocenters. The van der Waals surface area contributed by atoms with Crippen LogP contribution in [0, 0.1) is 5.92 Å². The van der Waals surface area contributed by atoms with E-state index in [9.17, 15) is 9.59 Å². The van der Waals surface area contributed by atoms with Gasteiger partial charge in [0.15, 0.2) is 0 Å². The Morgan fingerprint density at radius 2 is 1.57 bits per heavy atom. The van der Waals surface area contributed by atoms with Crippen molar-refractivity contribution >= 4 is 29.3 Å². The van der Waals surface area contributed by atoms with Crippen molar-refractivity contribution < 1.29 is 19.1 Å². The third-order valence-corrected chi connectivity index (χ3v) is 6.82. The zero-order chi connectivity index (χ0) is 25.6. The van der Waals surface area contributed by atoms with Crippen LogP contribution in [0.25, 0.3) is 11.1 Å². The first-order valence-corrected chi connectivity index (χ1v) is 12.4. The molecule has 1 saturated carbocycles. The maximum absolute atomic E-state index is 12.7. The van der Waals surface area contributed by atoms with Gasteiger partial charge < -0.3 is 20.2 Å². The van der Waals surface area contributed by atoms with Crippen molar-refractivity contribution in [1.82, 2.24) is 10.2 Å². The smallest absolute Gasteiger partial charge is 0.320 e. The van der Waals surface area contributed by atoms with Crippen LogP contribution in [0.15, 0.2) is 83.3 Å². The molecule has 37 heavy (non-hydrogen) atoms. The fourth-order valence-corrected chi connectivity index (χ4v) is 4.91. The van der Waals surface area contributed by atoms with E-state index in [-0.39, 0.29) is 24.2 Å². The second kappa shape index (κ2) is 11.1. The molecule has 1 aromatic heterocycles. The standard InChI is InChI=1S/C29H28N4O4/c34-26(35)18-19-10-12-20(13-11-19)21-14-16-23(17-15-21)30-27(36)28-32-33-29(37-28)31-25-9-5-4-8-24(25)22-6-2-1-3-7-22/h1-9,14-17,19-20H,10-13,18H2,(H,30,36)(H,31,33)(H,34,35). The Morgan fingerprint density at radius 3 is 2.30 bits per heavy atom. The number of aromatic nitrogens is 2. The molecule has 3 aromatic carbocycles. The average Bonchev–Trinajstić information content (AvgIpc) is 3.39. The maximum atomic E-state index is 12.7. The van der Waals surface area contributed by atoms with Gasteiger partial charge in [-0.15, -0.1) is 5.10 Å². The van der Waals surface area contributed by atoms with Gasteiger partial charge in [-0.25, -0.2) is 0 Å². The van der Waals surface area contributed by atoms with Crippen molar-refractivity contribution in [3.05, 3.63) is 90.3 Å². The van der Waals surface area contributed by atoms with Crippen LogP contribution in [0.3, 0.4) is 0 Å². The largest absolute Gasteiger partial charge is 0.481 e. The molecule has 1 aliphatic carbocycles. The predicted octanol–water partition coefficient (Wildman–Crippen LogP) is 6.48. The number of benzene rings is 3. The Kier molecular flexibility index (Phi) is 7.26. The summed E-state index contributed by atoms with van der Waals surface area (Å²) in [4.78, 5) is 23.6. The quantitative estimate of drug-likeness (QED) is 0.255. The van der Waals surface area contributed by atoms with Crippen molar-refractivity contribution in [3.63, 3.8) is 0 Å². The summed E-state index contributed by atoms with van der Waals surface area (Å²) in [5.41, 5.74) is 4.64. The monoisotopic (exact) mass is 496 g/mol. The van der Waals surface area contributed by atoms with E-state index in [1.165, 1.54) is 5.56 Å². The summed E-state index contributed by atoms with van der Waals surface area (Å²) >= 11 is 0. The number of anilines is 3. The molecule has 1 amide bonds. The van der Waals surface area contributed by atoms with Crippen LogP contribution in [0.5, 0.6) is 0 Å². The van der Waals surface area contributed by atoms with Crippen LogP contribution in [0.2, 0.25) is 0 Å². The molecule has 0 aliphatic heterocycles. The van der Waals surface area contributed by atoms with E-state index in [1.807, 2.05) is 78.9 Å². The highest BCUT2D eigenvalue weighted by Crippen LogP contribution is 2.37. The number of carbonyl (C=O) groups excluding carboxylic acids is 1. The molecule has 0 spiro atoms. The third kappa shape index (κ3) is 6.03. The van der Waals surface area contributed by atoms with Crippen LogP contribution >= 0.6 is 0 Å². The van der Waals surface area contributed by atoms with Crippen molar-refractivity contribution in [2.24, 2.45) is 5.92 Å². The van der Waals surface area contributed by atoms with Crippen LogP contribution < -0.4 is 10.6 Å². The fraction of sp³-hybridized carbons (Fsp3) is 0.241. The molecule has 0 saturated heterocycles. The number of rotatable bonds is 8. The van der Waals surface area contributed by atoms with Gasteiger partial charge in [0.05, 0.1) is 5.69 Å². The first-order chi connectivity index (χ1) is 18.0. The number of carboxylic acid groups (broad SMARTS) is 1. The van der Waals surface area contributed by atoms with Crippen molar-refractivity contribution in [2.45, 2.75) is 38.0 Å². The van der Waals surface area contributed by atoms with Crippen LogP contribution in [0.1, 0.15) is 54.3 Å². The number of aliphatic carboxylic acids is 1. The lowest BCUT2D eigenvalue weighted by molar-refractivity contribution is -0.138. The molecule has 0 radical (unpaired) electrons. The molecule has 1 aliphatic rings. The first-order valence-electron chi connectivity index (χ1n) is 12.4. The highest BCUT2D eigenvalue weighted by atomic mass is 16.4.